The molecule has 0 aliphatic heterocycles. The van der Waals surface area contributed by atoms with Crippen LogP contribution < -0.4 is 0 Å². The van der Waals surface area contributed by atoms with E-state index in [4.69, 9.17) is 0 Å². The van der Waals surface area contributed by atoms with Crippen molar-refractivity contribution in [3.05, 3.63) is 11.1 Å². The van der Waals surface area contributed by atoms with Crippen LogP contribution in [0.1, 0.15) is 34.1 Å². The maximum Gasteiger partial charge on any atom is 0.0345 e. The molecule has 0 aromatic rings. The normalized spacial score (nSPS) is 11.5. The van der Waals surface area contributed by atoms with Crippen LogP contribution in [0.15, 0.2) is 16.1 Å². The molecule has 0 aliphatic rings. The van der Waals surface area contributed by atoms with E-state index in [1.54, 1.807) is 0 Å². The first-order valence-corrected chi connectivity index (χ1v) is 3.73. The van der Waals surface area contributed by atoms with Crippen LogP contribution >= 0.6 is 0 Å². The molecule has 1 nitrogen and oxygen atoms in total. The maximum absolute atomic E-state index is 4.14. The second-order valence-corrected chi connectivity index (χ2v) is 2.64. The van der Waals surface area contributed by atoms with Gasteiger partial charge in [-0.3, -0.25) is 4.99 Å². The minimum Gasteiger partial charge on any atom is -0.293 e. The highest BCUT2D eigenvalue weighted by molar-refractivity contribution is 5.98. The number of allylic oxidation sites excluding steroid dienone is 2. The van der Waals surface area contributed by atoms with Gasteiger partial charge in [-0.1, -0.05) is 12.5 Å². The van der Waals surface area contributed by atoms with Crippen molar-refractivity contribution in [2.45, 2.75) is 34.1 Å². The van der Waals surface area contributed by atoms with Gasteiger partial charge in [0.1, 0.15) is 0 Å². The summed E-state index contributed by atoms with van der Waals surface area (Å²) in [6.07, 6.45) is 1.09. The van der Waals surface area contributed by atoms with Gasteiger partial charge in [0.25, 0.3) is 0 Å². The zero-order chi connectivity index (χ0) is 8.15. The van der Waals surface area contributed by atoms with E-state index in [1.165, 1.54) is 16.9 Å². The fraction of sp³-hybridized carbons (Fsp3) is 0.667. The number of hydrogen-bond acceptors (Lipinski definition) is 1. The van der Waals surface area contributed by atoms with Gasteiger partial charge in [0.15, 0.2) is 0 Å². The van der Waals surface area contributed by atoms with E-state index >= 15 is 0 Å². The molecule has 0 fully saturated rings. The lowest BCUT2D eigenvalue weighted by Gasteiger charge is -2.04. The van der Waals surface area contributed by atoms with Crippen LogP contribution in [0.5, 0.6) is 0 Å². The van der Waals surface area contributed by atoms with E-state index in [1.807, 2.05) is 7.05 Å². The number of rotatable bonds is 2. The molecule has 58 valence electrons. The van der Waals surface area contributed by atoms with Gasteiger partial charge in [0, 0.05) is 12.8 Å². The Morgan fingerprint density at radius 2 is 1.70 bits per heavy atom. The number of hydrogen-bond donors (Lipinski definition) is 0. The van der Waals surface area contributed by atoms with E-state index in [2.05, 4.69) is 32.7 Å². The Hall–Kier alpha value is -0.590. The van der Waals surface area contributed by atoms with Crippen molar-refractivity contribution in [3.8, 4) is 0 Å². The molecular formula is C9H17N. The van der Waals surface area contributed by atoms with Gasteiger partial charge in [0.05, 0.1) is 0 Å². The molecule has 0 rings (SSSR count). The molecule has 0 aliphatic carbocycles. The first-order chi connectivity index (χ1) is 4.63. The standard InChI is InChI=1S/C9H17N/c1-6-9(7(2)3)8(4)10-5/h6H2,1-5H3. The van der Waals surface area contributed by atoms with Gasteiger partial charge in [-0.15, -0.1) is 0 Å². The van der Waals surface area contributed by atoms with Crippen LogP contribution in [-0.4, -0.2) is 12.8 Å². The molecule has 10 heavy (non-hydrogen) atoms. The predicted octanol–water partition coefficient (Wildman–Crippen LogP) is 2.82. The molecule has 0 saturated carbocycles. The van der Waals surface area contributed by atoms with Gasteiger partial charge >= 0.3 is 0 Å². The fourth-order valence-electron chi connectivity index (χ4n) is 1.11. The van der Waals surface area contributed by atoms with E-state index in [9.17, 15) is 0 Å². The smallest absolute Gasteiger partial charge is 0.0345 e. The maximum atomic E-state index is 4.14. The van der Waals surface area contributed by atoms with Crippen molar-refractivity contribution in [2.75, 3.05) is 7.05 Å². The first-order valence-electron chi connectivity index (χ1n) is 3.73. The first kappa shape index (κ1) is 9.41. The third-order valence-electron chi connectivity index (χ3n) is 1.73. The average Bonchev–Trinajstić information content (AvgIpc) is 1.88. The van der Waals surface area contributed by atoms with Crippen LogP contribution in [0.4, 0.5) is 0 Å². The van der Waals surface area contributed by atoms with E-state index in [-0.39, 0.29) is 0 Å². The number of nitrogens with zero attached hydrogens (tertiary/aromatic N) is 1. The van der Waals surface area contributed by atoms with Crippen molar-refractivity contribution in [1.82, 2.24) is 0 Å². The minimum absolute atomic E-state index is 1.09. The molecule has 0 radical (unpaired) electrons. The molecule has 0 unspecified atom stereocenters. The van der Waals surface area contributed by atoms with E-state index in [0.717, 1.165) is 6.42 Å². The molecule has 0 aromatic carbocycles. The topological polar surface area (TPSA) is 12.4 Å². The van der Waals surface area contributed by atoms with Gasteiger partial charge in [-0.05, 0) is 32.8 Å². The summed E-state index contributed by atoms with van der Waals surface area (Å²) in [5.74, 6) is 0. The highest BCUT2D eigenvalue weighted by Crippen LogP contribution is 2.09. The summed E-state index contributed by atoms with van der Waals surface area (Å²) in [5, 5.41) is 0. The molecule has 0 amide bonds. The molecule has 0 saturated heterocycles. The van der Waals surface area contributed by atoms with Crippen molar-refractivity contribution in [2.24, 2.45) is 4.99 Å². The Morgan fingerprint density at radius 1 is 1.20 bits per heavy atom. The molecule has 1 heteroatoms. The third-order valence-corrected chi connectivity index (χ3v) is 1.73. The SMILES string of the molecule is CCC(C(C)=NC)=C(C)C. The van der Waals surface area contributed by atoms with Crippen molar-refractivity contribution in [1.29, 1.82) is 0 Å². The summed E-state index contributed by atoms with van der Waals surface area (Å²) in [4.78, 5) is 4.14. The van der Waals surface area contributed by atoms with Crippen molar-refractivity contribution in [3.63, 3.8) is 0 Å². The second-order valence-electron chi connectivity index (χ2n) is 2.64. The van der Waals surface area contributed by atoms with Crippen molar-refractivity contribution >= 4 is 5.71 Å². The largest absolute Gasteiger partial charge is 0.293 e. The molecule has 0 N–H and O–H groups in total. The molecule has 0 atom stereocenters. The summed E-state index contributed by atoms with van der Waals surface area (Å²) in [7, 11) is 1.84. The summed E-state index contributed by atoms with van der Waals surface area (Å²) >= 11 is 0. The monoisotopic (exact) mass is 139 g/mol. The average molecular weight is 139 g/mol. The summed E-state index contributed by atoms with van der Waals surface area (Å²) in [6, 6.07) is 0. The molecule has 0 bridgehead atoms. The van der Waals surface area contributed by atoms with Gasteiger partial charge in [-0.25, -0.2) is 0 Å². The Morgan fingerprint density at radius 3 is 1.80 bits per heavy atom. The highest BCUT2D eigenvalue weighted by Gasteiger charge is 1.98. The summed E-state index contributed by atoms with van der Waals surface area (Å²) in [5.41, 5.74) is 3.94. The Kier molecular flexibility index (Phi) is 4.01. The fourth-order valence-corrected chi connectivity index (χ4v) is 1.11. The highest BCUT2D eigenvalue weighted by atomic mass is 14.7. The van der Waals surface area contributed by atoms with Crippen LogP contribution in [-0.2, 0) is 0 Å². The lowest BCUT2D eigenvalue weighted by molar-refractivity contribution is 1.11. The minimum atomic E-state index is 1.09. The van der Waals surface area contributed by atoms with Crippen molar-refractivity contribution < 1.29 is 0 Å². The van der Waals surface area contributed by atoms with Crippen LogP contribution in [0, 0.1) is 0 Å². The number of aliphatic imine (C=N–C) groups is 1. The molecular weight excluding hydrogens is 122 g/mol. The Balaban J connectivity index is 4.54. The van der Waals surface area contributed by atoms with Gasteiger partial charge in [-0.2, -0.15) is 0 Å². The van der Waals surface area contributed by atoms with Crippen LogP contribution in [0.25, 0.3) is 0 Å². The third kappa shape index (κ3) is 2.34. The Labute approximate surface area is 63.9 Å². The van der Waals surface area contributed by atoms with Crippen LogP contribution in [0.2, 0.25) is 0 Å². The quantitative estimate of drug-likeness (QED) is 0.522. The molecule has 0 aromatic heterocycles. The predicted molar refractivity (Wildman–Crippen MR) is 47.7 cm³/mol. The van der Waals surface area contributed by atoms with E-state index < -0.39 is 0 Å². The van der Waals surface area contributed by atoms with E-state index in [0.29, 0.717) is 0 Å². The molecule has 0 spiro atoms. The second kappa shape index (κ2) is 4.26. The summed E-state index contributed by atoms with van der Waals surface area (Å²) in [6.45, 7) is 8.49. The van der Waals surface area contributed by atoms with Gasteiger partial charge in [0.2, 0.25) is 0 Å². The Bertz CT molecular complexity index is 153. The lowest BCUT2D eigenvalue weighted by atomic mass is 10.0. The zero-order valence-electron chi connectivity index (χ0n) is 7.65. The summed E-state index contributed by atoms with van der Waals surface area (Å²) < 4.78 is 0. The lowest BCUT2D eigenvalue weighted by Crippen LogP contribution is -1.97. The molecule has 0 heterocycles. The zero-order valence-corrected chi connectivity index (χ0v) is 7.65. The van der Waals surface area contributed by atoms with Crippen LogP contribution in [0.3, 0.4) is 0 Å². The van der Waals surface area contributed by atoms with Gasteiger partial charge < -0.3 is 0 Å².